The van der Waals surface area contributed by atoms with Crippen molar-refractivity contribution in [3.63, 3.8) is 0 Å². The molecular weight excluding hydrogens is 430 g/mol. The standard InChI is InChI=1S/C27H27N3O2S/c1-18-8-10-20(11-9-18)30-25(31)13-12-22(26(30)24-7-4-16-33-24)27(32)28-15-14-19-17-29-23-6-3-2-5-21(19)23/h2-11,16-17,22,26,29H,12-15H2,1H3,(H,28,32)/t22-,26-/m0/s1. The topological polar surface area (TPSA) is 65.2 Å². The number of nitrogens with one attached hydrogen (secondary N) is 2. The van der Waals surface area contributed by atoms with E-state index in [1.54, 1.807) is 11.3 Å². The number of thiophene rings is 1. The number of rotatable bonds is 6. The van der Waals surface area contributed by atoms with Crippen LogP contribution < -0.4 is 10.2 Å². The van der Waals surface area contributed by atoms with Crippen molar-refractivity contribution in [2.24, 2.45) is 5.92 Å². The molecule has 6 heteroatoms. The van der Waals surface area contributed by atoms with E-state index in [4.69, 9.17) is 0 Å². The molecule has 2 atom stereocenters. The van der Waals surface area contributed by atoms with Crippen LogP contribution in [0.3, 0.4) is 0 Å². The molecule has 1 aliphatic heterocycles. The Morgan fingerprint density at radius 3 is 2.73 bits per heavy atom. The van der Waals surface area contributed by atoms with Gasteiger partial charge in [0.25, 0.3) is 0 Å². The Labute approximate surface area is 197 Å². The predicted molar refractivity (Wildman–Crippen MR) is 133 cm³/mol. The number of anilines is 1. The summed E-state index contributed by atoms with van der Waals surface area (Å²) >= 11 is 1.60. The lowest BCUT2D eigenvalue weighted by Gasteiger charge is -2.40. The van der Waals surface area contributed by atoms with Crippen molar-refractivity contribution in [3.8, 4) is 0 Å². The molecule has 0 spiro atoms. The molecule has 1 fully saturated rings. The molecule has 0 aliphatic carbocycles. The van der Waals surface area contributed by atoms with Gasteiger partial charge in [0.1, 0.15) is 0 Å². The highest BCUT2D eigenvalue weighted by Gasteiger charge is 2.41. The Hall–Kier alpha value is -3.38. The molecule has 1 aliphatic rings. The van der Waals surface area contributed by atoms with Gasteiger partial charge >= 0.3 is 0 Å². The van der Waals surface area contributed by atoms with Crippen molar-refractivity contribution in [2.45, 2.75) is 32.2 Å². The van der Waals surface area contributed by atoms with Gasteiger partial charge in [-0.05, 0) is 55.0 Å². The SMILES string of the molecule is Cc1ccc(N2C(=O)CC[C@H](C(=O)NCCc3c[nH]c4ccccc34)[C@H]2c2cccs2)cc1. The number of aromatic amines is 1. The first-order chi connectivity index (χ1) is 16.1. The molecule has 2 amide bonds. The van der Waals surface area contributed by atoms with Crippen molar-refractivity contribution >= 4 is 39.7 Å². The third kappa shape index (κ3) is 4.31. The van der Waals surface area contributed by atoms with Crippen LogP contribution in [0.1, 0.15) is 34.9 Å². The fourth-order valence-corrected chi connectivity index (χ4v) is 5.63. The summed E-state index contributed by atoms with van der Waals surface area (Å²) in [7, 11) is 0. The summed E-state index contributed by atoms with van der Waals surface area (Å²) in [5, 5.41) is 6.36. The zero-order valence-electron chi connectivity index (χ0n) is 18.6. The molecule has 168 valence electrons. The predicted octanol–water partition coefficient (Wildman–Crippen LogP) is 5.38. The highest BCUT2D eigenvalue weighted by atomic mass is 32.1. The second-order valence-electron chi connectivity index (χ2n) is 8.61. The van der Waals surface area contributed by atoms with E-state index in [-0.39, 0.29) is 23.8 Å². The van der Waals surface area contributed by atoms with E-state index in [1.807, 2.05) is 71.9 Å². The average molecular weight is 458 g/mol. The number of hydrogen-bond acceptors (Lipinski definition) is 3. The van der Waals surface area contributed by atoms with E-state index in [0.717, 1.165) is 28.1 Å². The Morgan fingerprint density at radius 2 is 1.94 bits per heavy atom. The van der Waals surface area contributed by atoms with Gasteiger partial charge in [-0.3, -0.25) is 9.59 Å². The lowest BCUT2D eigenvalue weighted by Crippen LogP contribution is -2.48. The van der Waals surface area contributed by atoms with E-state index >= 15 is 0 Å². The fourth-order valence-electron chi connectivity index (χ4n) is 4.75. The number of aromatic nitrogens is 1. The van der Waals surface area contributed by atoms with Gasteiger partial charge in [-0.2, -0.15) is 0 Å². The number of piperidine rings is 1. The molecule has 33 heavy (non-hydrogen) atoms. The van der Waals surface area contributed by atoms with Crippen LogP contribution in [-0.2, 0) is 16.0 Å². The number of benzene rings is 2. The van der Waals surface area contributed by atoms with Crippen LogP contribution in [0.25, 0.3) is 10.9 Å². The summed E-state index contributed by atoms with van der Waals surface area (Å²) in [6.45, 7) is 2.59. The van der Waals surface area contributed by atoms with Crippen LogP contribution in [0.2, 0.25) is 0 Å². The van der Waals surface area contributed by atoms with Gasteiger partial charge in [0.05, 0.1) is 12.0 Å². The minimum absolute atomic E-state index is 0.0119. The van der Waals surface area contributed by atoms with Gasteiger partial charge in [-0.15, -0.1) is 11.3 Å². The minimum atomic E-state index is -0.290. The number of hydrogen-bond donors (Lipinski definition) is 2. The van der Waals surface area contributed by atoms with E-state index in [1.165, 1.54) is 10.9 Å². The summed E-state index contributed by atoms with van der Waals surface area (Å²) in [5.41, 5.74) is 4.29. The molecule has 2 aromatic carbocycles. The van der Waals surface area contributed by atoms with Crippen molar-refractivity contribution in [1.82, 2.24) is 10.3 Å². The molecule has 2 aromatic heterocycles. The minimum Gasteiger partial charge on any atom is -0.361 e. The van der Waals surface area contributed by atoms with Crippen LogP contribution in [0.15, 0.2) is 72.2 Å². The van der Waals surface area contributed by atoms with E-state index in [9.17, 15) is 9.59 Å². The number of H-pyrrole nitrogens is 1. The third-order valence-corrected chi connectivity index (χ3v) is 7.39. The van der Waals surface area contributed by atoms with Gasteiger partial charge in [0.15, 0.2) is 0 Å². The van der Waals surface area contributed by atoms with Gasteiger partial charge < -0.3 is 15.2 Å². The Bertz CT molecular complexity index is 1260. The highest BCUT2D eigenvalue weighted by molar-refractivity contribution is 7.10. The summed E-state index contributed by atoms with van der Waals surface area (Å²) in [4.78, 5) is 32.6. The van der Waals surface area contributed by atoms with Crippen LogP contribution >= 0.6 is 11.3 Å². The average Bonchev–Trinajstić information content (AvgIpc) is 3.50. The zero-order valence-corrected chi connectivity index (χ0v) is 19.4. The second-order valence-corrected chi connectivity index (χ2v) is 9.58. The lowest BCUT2D eigenvalue weighted by atomic mass is 9.86. The quantitative estimate of drug-likeness (QED) is 0.408. The van der Waals surface area contributed by atoms with Crippen LogP contribution in [0.4, 0.5) is 5.69 Å². The van der Waals surface area contributed by atoms with Gasteiger partial charge in [-0.25, -0.2) is 0 Å². The van der Waals surface area contributed by atoms with Crippen LogP contribution in [0, 0.1) is 12.8 Å². The number of carbonyl (C=O) groups is 2. The maximum atomic E-state index is 13.4. The number of fused-ring (bicyclic) bond motifs is 1. The summed E-state index contributed by atoms with van der Waals surface area (Å²) in [5.74, 6) is -0.205. The molecule has 3 heterocycles. The van der Waals surface area contributed by atoms with Crippen molar-refractivity contribution in [3.05, 3.63) is 88.2 Å². The number of amides is 2. The van der Waals surface area contributed by atoms with Crippen LogP contribution in [-0.4, -0.2) is 23.3 Å². The first-order valence-corrected chi connectivity index (χ1v) is 12.2. The fraction of sp³-hybridized carbons (Fsp3) is 0.259. The molecular formula is C27H27N3O2S. The number of para-hydroxylation sites is 1. The van der Waals surface area contributed by atoms with E-state index in [0.29, 0.717) is 19.4 Å². The lowest BCUT2D eigenvalue weighted by molar-refractivity contribution is -0.129. The van der Waals surface area contributed by atoms with E-state index < -0.39 is 0 Å². The van der Waals surface area contributed by atoms with Gasteiger partial charge in [-0.1, -0.05) is 42.0 Å². The Morgan fingerprint density at radius 1 is 1.12 bits per heavy atom. The smallest absolute Gasteiger partial charge is 0.227 e. The normalized spacial score (nSPS) is 18.6. The first kappa shape index (κ1) is 21.5. The van der Waals surface area contributed by atoms with E-state index in [2.05, 4.69) is 22.4 Å². The Kier molecular flexibility index (Phi) is 6.01. The number of aryl methyl sites for hydroxylation is 1. The summed E-state index contributed by atoms with van der Waals surface area (Å²) in [6, 6.07) is 19.9. The molecule has 0 radical (unpaired) electrons. The number of carbonyl (C=O) groups excluding carboxylic acids is 2. The monoisotopic (exact) mass is 457 g/mol. The first-order valence-electron chi connectivity index (χ1n) is 11.4. The zero-order chi connectivity index (χ0) is 22.8. The van der Waals surface area contributed by atoms with Gasteiger partial charge in [0, 0.05) is 40.6 Å². The molecule has 0 bridgehead atoms. The largest absolute Gasteiger partial charge is 0.361 e. The molecule has 2 N–H and O–H groups in total. The van der Waals surface area contributed by atoms with Crippen molar-refractivity contribution < 1.29 is 9.59 Å². The maximum absolute atomic E-state index is 13.4. The van der Waals surface area contributed by atoms with Crippen molar-refractivity contribution in [1.29, 1.82) is 0 Å². The molecule has 5 nitrogen and oxygen atoms in total. The third-order valence-electron chi connectivity index (χ3n) is 6.45. The highest BCUT2D eigenvalue weighted by Crippen LogP contribution is 2.41. The molecule has 5 rings (SSSR count). The maximum Gasteiger partial charge on any atom is 0.227 e. The van der Waals surface area contributed by atoms with Crippen LogP contribution in [0.5, 0.6) is 0 Å². The Balaban J connectivity index is 1.35. The summed E-state index contributed by atoms with van der Waals surface area (Å²) in [6.07, 6.45) is 3.70. The van der Waals surface area contributed by atoms with Crippen molar-refractivity contribution in [2.75, 3.05) is 11.4 Å². The molecule has 4 aromatic rings. The molecule has 1 saturated heterocycles. The molecule has 0 unspecified atom stereocenters. The number of nitrogens with zero attached hydrogens (tertiary/aromatic N) is 1. The summed E-state index contributed by atoms with van der Waals surface area (Å²) < 4.78 is 0. The second kappa shape index (κ2) is 9.24. The molecule has 0 saturated carbocycles. The van der Waals surface area contributed by atoms with Gasteiger partial charge in [0.2, 0.25) is 11.8 Å².